The monoisotopic (exact) mass is 329 g/mol. The average Bonchev–Trinajstić information content (AvgIpc) is 2.24. The van der Waals surface area contributed by atoms with Crippen LogP contribution in [0.3, 0.4) is 0 Å². The number of halogens is 9. The number of alkyl halides is 9. The molecule has 0 saturated heterocycles. The molecular formula is C9H4ClF8NO. The first-order valence-electron chi connectivity index (χ1n) is 4.66. The van der Waals surface area contributed by atoms with Crippen molar-refractivity contribution in [3.05, 3.63) is 23.0 Å². The van der Waals surface area contributed by atoms with Gasteiger partial charge in [-0.2, -0.15) is 13.2 Å². The second-order valence-corrected chi connectivity index (χ2v) is 3.61. The summed E-state index contributed by atoms with van der Waals surface area (Å²) in [5.41, 5.74) is -4.24. The zero-order chi connectivity index (χ0) is 15.7. The number of rotatable bonds is 3. The van der Waals surface area contributed by atoms with E-state index in [9.17, 15) is 35.1 Å². The van der Waals surface area contributed by atoms with Crippen LogP contribution in [0.15, 0.2) is 6.07 Å². The third-order valence-corrected chi connectivity index (χ3v) is 2.21. The summed E-state index contributed by atoms with van der Waals surface area (Å²) in [6, 6.07) is -0.195. The fourth-order valence-corrected chi connectivity index (χ4v) is 1.46. The van der Waals surface area contributed by atoms with E-state index in [2.05, 4.69) is 9.72 Å². The van der Waals surface area contributed by atoms with Crippen LogP contribution in [0.5, 0.6) is 5.75 Å². The van der Waals surface area contributed by atoms with Crippen LogP contribution in [0.1, 0.15) is 23.4 Å². The minimum atomic E-state index is -5.43. The van der Waals surface area contributed by atoms with E-state index >= 15 is 0 Å². The summed E-state index contributed by atoms with van der Waals surface area (Å²) >= 11 is 5.13. The number of pyridine rings is 1. The van der Waals surface area contributed by atoms with Crippen molar-refractivity contribution in [3.8, 4) is 5.75 Å². The second kappa shape index (κ2) is 5.58. The van der Waals surface area contributed by atoms with E-state index in [0.717, 1.165) is 0 Å². The van der Waals surface area contributed by atoms with E-state index in [4.69, 9.17) is 11.6 Å². The Balaban J connectivity index is 3.47. The Hall–Kier alpha value is -1.32. The van der Waals surface area contributed by atoms with Gasteiger partial charge < -0.3 is 4.74 Å². The van der Waals surface area contributed by atoms with E-state index in [-0.39, 0.29) is 6.07 Å². The van der Waals surface area contributed by atoms with Crippen LogP contribution in [0.4, 0.5) is 35.1 Å². The lowest BCUT2D eigenvalue weighted by Crippen LogP contribution is -2.20. The third-order valence-electron chi connectivity index (χ3n) is 1.96. The molecule has 0 amide bonds. The van der Waals surface area contributed by atoms with Crippen LogP contribution in [-0.2, 0) is 12.1 Å². The molecule has 0 atom stereocenters. The predicted molar refractivity (Wildman–Crippen MR) is 50.4 cm³/mol. The van der Waals surface area contributed by atoms with Crippen LogP contribution in [0.2, 0.25) is 0 Å². The van der Waals surface area contributed by atoms with Gasteiger partial charge in [0.1, 0.15) is 5.69 Å². The smallest absolute Gasteiger partial charge is 0.404 e. The van der Waals surface area contributed by atoms with Gasteiger partial charge in [-0.1, -0.05) is 0 Å². The molecule has 1 rings (SSSR count). The highest BCUT2D eigenvalue weighted by Crippen LogP contribution is 2.39. The number of hydrogen-bond acceptors (Lipinski definition) is 2. The lowest BCUT2D eigenvalue weighted by molar-refractivity contribution is -0.275. The van der Waals surface area contributed by atoms with Crippen molar-refractivity contribution in [3.63, 3.8) is 0 Å². The van der Waals surface area contributed by atoms with E-state index in [1.165, 1.54) is 0 Å². The molecule has 0 spiro atoms. The first-order valence-corrected chi connectivity index (χ1v) is 5.20. The van der Waals surface area contributed by atoms with Gasteiger partial charge in [0.25, 0.3) is 6.43 Å². The summed E-state index contributed by atoms with van der Waals surface area (Å²) in [6.45, 7) is 0. The molecule has 2 nitrogen and oxygen atoms in total. The molecule has 114 valence electrons. The van der Waals surface area contributed by atoms with Gasteiger partial charge in [-0.05, 0) is 6.07 Å². The number of aromatic nitrogens is 1. The van der Waals surface area contributed by atoms with Crippen molar-refractivity contribution in [2.75, 3.05) is 0 Å². The molecule has 1 heterocycles. The fraction of sp³-hybridized carbons (Fsp3) is 0.444. The topological polar surface area (TPSA) is 22.1 Å². The molecule has 1 aromatic rings. The molecule has 0 aliphatic rings. The molecule has 0 saturated carbocycles. The molecule has 0 N–H and O–H groups in total. The lowest BCUT2D eigenvalue weighted by Gasteiger charge is -2.17. The van der Waals surface area contributed by atoms with Gasteiger partial charge in [0, 0.05) is 0 Å². The highest BCUT2D eigenvalue weighted by Gasteiger charge is 2.39. The van der Waals surface area contributed by atoms with Gasteiger partial charge in [-0.25, -0.2) is 13.8 Å². The summed E-state index contributed by atoms with van der Waals surface area (Å²) in [5.74, 6) is -2.62. The highest BCUT2D eigenvalue weighted by atomic mass is 35.5. The molecule has 1 aromatic heterocycles. The van der Waals surface area contributed by atoms with Gasteiger partial charge in [0.05, 0.1) is 17.1 Å². The Morgan fingerprint density at radius 3 is 2.05 bits per heavy atom. The minimum Gasteiger partial charge on any atom is -0.404 e. The van der Waals surface area contributed by atoms with E-state index in [1.807, 2.05) is 0 Å². The molecule has 0 aromatic carbocycles. The van der Waals surface area contributed by atoms with Crippen molar-refractivity contribution < 1.29 is 39.9 Å². The van der Waals surface area contributed by atoms with Crippen LogP contribution < -0.4 is 4.74 Å². The van der Waals surface area contributed by atoms with Crippen molar-refractivity contribution >= 4 is 11.6 Å². The summed E-state index contributed by atoms with van der Waals surface area (Å²) in [4.78, 5) is 2.81. The van der Waals surface area contributed by atoms with Crippen LogP contribution >= 0.6 is 11.6 Å². The first kappa shape index (κ1) is 16.7. The molecule has 0 radical (unpaired) electrons. The number of hydrogen-bond donors (Lipinski definition) is 0. The largest absolute Gasteiger partial charge is 0.573 e. The molecule has 0 aliphatic heterocycles. The Labute approximate surface area is 111 Å². The second-order valence-electron chi connectivity index (χ2n) is 3.35. The standard InChI is InChI=1S/C9H4ClF8NO/c10-2-4-3(8(13,14)15)1-5(20-9(16,17)18)6(19-4)7(11)12/h1,7H,2H2. The zero-order valence-corrected chi connectivity index (χ0v) is 9.87. The molecule has 11 heteroatoms. The Kier molecular flexibility index (Phi) is 4.67. The van der Waals surface area contributed by atoms with Gasteiger partial charge in [0.2, 0.25) is 0 Å². The van der Waals surface area contributed by atoms with E-state index < -0.39 is 47.5 Å². The normalized spacial score (nSPS) is 12.9. The number of ether oxygens (including phenoxy) is 1. The van der Waals surface area contributed by atoms with Crippen molar-refractivity contribution in [1.82, 2.24) is 4.98 Å². The van der Waals surface area contributed by atoms with E-state index in [1.54, 1.807) is 0 Å². The molecule has 0 fully saturated rings. The van der Waals surface area contributed by atoms with E-state index in [0.29, 0.717) is 0 Å². The summed E-state index contributed by atoms with van der Waals surface area (Å²) < 4.78 is 102. The quantitative estimate of drug-likeness (QED) is 0.593. The van der Waals surface area contributed by atoms with Gasteiger partial charge in [-0.3, -0.25) is 0 Å². The van der Waals surface area contributed by atoms with Crippen molar-refractivity contribution in [1.29, 1.82) is 0 Å². The number of nitrogens with zero attached hydrogens (tertiary/aromatic N) is 1. The summed E-state index contributed by atoms with van der Waals surface area (Å²) in [7, 11) is 0. The Bertz CT molecular complexity index is 484. The molecule has 0 aliphatic carbocycles. The van der Waals surface area contributed by atoms with Crippen molar-refractivity contribution in [2.24, 2.45) is 0 Å². The maximum atomic E-state index is 12.6. The fourth-order valence-electron chi connectivity index (χ4n) is 1.26. The maximum Gasteiger partial charge on any atom is 0.573 e. The van der Waals surface area contributed by atoms with Crippen LogP contribution in [-0.4, -0.2) is 11.3 Å². The average molecular weight is 330 g/mol. The van der Waals surface area contributed by atoms with Gasteiger partial charge in [-0.15, -0.1) is 24.8 Å². The highest BCUT2D eigenvalue weighted by molar-refractivity contribution is 6.17. The predicted octanol–water partition coefficient (Wildman–Crippen LogP) is 4.68. The molecule has 0 unspecified atom stereocenters. The SMILES string of the molecule is FC(F)c1nc(CCl)c(C(F)(F)F)cc1OC(F)(F)F. The van der Waals surface area contributed by atoms with Gasteiger partial charge >= 0.3 is 12.5 Å². The first-order chi connectivity index (χ1) is 8.95. The maximum absolute atomic E-state index is 12.6. The van der Waals surface area contributed by atoms with Crippen molar-refractivity contribution in [2.45, 2.75) is 24.8 Å². The zero-order valence-electron chi connectivity index (χ0n) is 9.12. The molecule has 20 heavy (non-hydrogen) atoms. The van der Waals surface area contributed by atoms with Crippen LogP contribution in [0.25, 0.3) is 0 Å². The van der Waals surface area contributed by atoms with Gasteiger partial charge in [0.15, 0.2) is 5.75 Å². The molecular weight excluding hydrogens is 326 g/mol. The molecule has 0 bridgehead atoms. The summed E-state index contributed by atoms with van der Waals surface area (Å²) in [5, 5.41) is 0. The third kappa shape index (κ3) is 4.09. The minimum absolute atomic E-state index is 0.195. The summed E-state index contributed by atoms with van der Waals surface area (Å²) in [6.07, 6.45) is -14.1. The lowest BCUT2D eigenvalue weighted by atomic mass is 10.1. The Morgan fingerprint density at radius 2 is 1.70 bits per heavy atom. The van der Waals surface area contributed by atoms with Crippen LogP contribution in [0, 0.1) is 0 Å². The Morgan fingerprint density at radius 1 is 1.15 bits per heavy atom.